The zero-order valence-electron chi connectivity index (χ0n) is 9.27. The average Bonchev–Trinajstić information content (AvgIpc) is 2.38. The third-order valence-corrected chi connectivity index (χ3v) is 2.43. The van der Waals surface area contributed by atoms with Crippen molar-refractivity contribution < 1.29 is 9.13 Å². The summed E-state index contributed by atoms with van der Waals surface area (Å²) in [7, 11) is 1.49. The van der Waals surface area contributed by atoms with E-state index in [0.29, 0.717) is 16.9 Å². The SMILES string of the molecule is COc1cc(F)cc(-c2cccc(C#N)c2)c1. The molecule has 0 saturated carbocycles. The van der Waals surface area contributed by atoms with Crippen molar-refractivity contribution in [3.8, 4) is 22.9 Å². The van der Waals surface area contributed by atoms with Gasteiger partial charge in [-0.1, -0.05) is 12.1 Å². The van der Waals surface area contributed by atoms with E-state index in [9.17, 15) is 4.39 Å². The Morgan fingerprint density at radius 3 is 2.65 bits per heavy atom. The molecular weight excluding hydrogens is 217 g/mol. The molecule has 17 heavy (non-hydrogen) atoms. The molecule has 2 rings (SSSR count). The second-order valence-corrected chi connectivity index (χ2v) is 3.57. The van der Waals surface area contributed by atoms with E-state index in [0.717, 1.165) is 5.56 Å². The molecule has 0 spiro atoms. The van der Waals surface area contributed by atoms with Gasteiger partial charge in [0.2, 0.25) is 0 Å². The van der Waals surface area contributed by atoms with E-state index in [-0.39, 0.29) is 5.82 Å². The van der Waals surface area contributed by atoms with E-state index in [1.165, 1.54) is 19.2 Å². The quantitative estimate of drug-likeness (QED) is 0.788. The largest absolute Gasteiger partial charge is 0.497 e. The molecule has 0 unspecified atom stereocenters. The standard InChI is InChI=1S/C14H10FNO/c1-17-14-7-12(6-13(15)8-14)11-4-2-3-10(5-11)9-16/h2-8H,1H3. The zero-order valence-corrected chi connectivity index (χ0v) is 9.27. The normalized spacial score (nSPS) is 9.71. The van der Waals surface area contributed by atoms with Crippen LogP contribution in [0.1, 0.15) is 5.56 Å². The van der Waals surface area contributed by atoms with Crippen molar-refractivity contribution in [3.05, 3.63) is 53.8 Å². The topological polar surface area (TPSA) is 33.0 Å². The monoisotopic (exact) mass is 227 g/mol. The Bertz CT molecular complexity index is 587. The fourth-order valence-corrected chi connectivity index (χ4v) is 1.62. The van der Waals surface area contributed by atoms with Crippen LogP contribution in [-0.2, 0) is 0 Å². The van der Waals surface area contributed by atoms with Crippen molar-refractivity contribution >= 4 is 0 Å². The van der Waals surface area contributed by atoms with Gasteiger partial charge in [0, 0.05) is 6.07 Å². The molecule has 0 aliphatic carbocycles. The Morgan fingerprint density at radius 2 is 1.94 bits per heavy atom. The van der Waals surface area contributed by atoms with Crippen LogP contribution < -0.4 is 4.74 Å². The van der Waals surface area contributed by atoms with Crippen LogP contribution in [0.4, 0.5) is 4.39 Å². The van der Waals surface area contributed by atoms with Crippen molar-refractivity contribution in [2.24, 2.45) is 0 Å². The third kappa shape index (κ3) is 2.43. The zero-order chi connectivity index (χ0) is 12.3. The van der Waals surface area contributed by atoms with Crippen LogP contribution in [0.25, 0.3) is 11.1 Å². The molecule has 2 aromatic rings. The highest BCUT2D eigenvalue weighted by atomic mass is 19.1. The highest BCUT2D eigenvalue weighted by molar-refractivity contribution is 5.66. The van der Waals surface area contributed by atoms with Gasteiger partial charge >= 0.3 is 0 Å². The molecule has 0 N–H and O–H groups in total. The number of hydrogen-bond acceptors (Lipinski definition) is 2. The summed E-state index contributed by atoms with van der Waals surface area (Å²) in [5.74, 6) is 0.101. The van der Waals surface area contributed by atoms with Gasteiger partial charge in [0.25, 0.3) is 0 Å². The van der Waals surface area contributed by atoms with E-state index in [4.69, 9.17) is 10.00 Å². The summed E-state index contributed by atoms with van der Waals surface area (Å²) < 4.78 is 18.3. The van der Waals surface area contributed by atoms with Gasteiger partial charge in [-0.05, 0) is 35.4 Å². The van der Waals surface area contributed by atoms with Crippen LogP contribution in [0.15, 0.2) is 42.5 Å². The van der Waals surface area contributed by atoms with Gasteiger partial charge in [-0.3, -0.25) is 0 Å². The molecule has 0 fully saturated rings. The molecule has 2 nitrogen and oxygen atoms in total. The first-order chi connectivity index (χ1) is 8.22. The maximum absolute atomic E-state index is 13.3. The summed E-state index contributed by atoms with van der Waals surface area (Å²) in [5.41, 5.74) is 2.03. The maximum Gasteiger partial charge on any atom is 0.127 e. The molecule has 0 amide bonds. The predicted octanol–water partition coefficient (Wildman–Crippen LogP) is 3.37. The van der Waals surface area contributed by atoms with Gasteiger partial charge in [0.1, 0.15) is 11.6 Å². The first-order valence-electron chi connectivity index (χ1n) is 5.08. The molecule has 0 aliphatic rings. The van der Waals surface area contributed by atoms with Gasteiger partial charge < -0.3 is 4.74 Å². The lowest BCUT2D eigenvalue weighted by atomic mass is 10.0. The fraction of sp³-hybridized carbons (Fsp3) is 0.0714. The Labute approximate surface area is 98.9 Å². The molecule has 3 heteroatoms. The molecule has 0 heterocycles. The lowest BCUT2D eigenvalue weighted by Crippen LogP contribution is -1.87. The van der Waals surface area contributed by atoms with E-state index in [2.05, 4.69) is 6.07 Å². The van der Waals surface area contributed by atoms with Gasteiger partial charge in [0.15, 0.2) is 0 Å². The van der Waals surface area contributed by atoms with E-state index < -0.39 is 0 Å². The van der Waals surface area contributed by atoms with Crippen molar-refractivity contribution in [1.82, 2.24) is 0 Å². The summed E-state index contributed by atoms with van der Waals surface area (Å²) in [6.07, 6.45) is 0. The number of hydrogen-bond donors (Lipinski definition) is 0. The second-order valence-electron chi connectivity index (χ2n) is 3.57. The van der Waals surface area contributed by atoms with Gasteiger partial charge in [0.05, 0.1) is 18.7 Å². The fourth-order valence-electron chi connectivity index (χ4n) is 1.62. The summed E-state index contributed by atoms with van der Waals surface area (Å²) in [6, 6.07) is 13.5. The van der Waals surface area contributed by atoms with Gasteiger partial charge in [-0.25, -0.2) is 4.39 Å². The summed E-state index contributed by atoms with van der Waals surface area (Å²) in [6.45, 7) is 0. The lowest BCUT2D eigenvalue weighted by Gasteiger charge is -2.05. The highest BCUT2D eigenvalue weighted by Gasteiger charge is 2.04. The number of rotatable bonds is 2. The summed E-state index contributed by atoms with van der Waals surface area (Å²) in [5, 5.41) is 8.82. The van der Waals surface area contributed by atoms with Gasteiger partial charge in [-0.2, -0.15) is 5.26 Å². The predicted molar refractivity (Wildman–Crippen MR) is 63.1 cm³/mol. The van der Waals surface area contributed by atoms with E-state index in [1.807, 2.05) is 6.07 Å². The minimum Gasteiger partial charge on any atom is -0.497 e. The van der Waals surface area contributed by atoms with Crippen molar-refractivity contribution in [3.63, 3.8) is 0 Å². The van der Waals surface area contributed by atoms with Crippen LogP contribution in [0, 0.1) is 17.1 Å². The molecule has 0 saturated heterocycles. The smallest absolute Gasteiger partial charge is 0.127 e. The first-order valence-corrected chi connectivity index (χ1v) is 5.08. The molecule has 2 aromatic carbocycles. The van der Waals surface area contributed by atoms with Crippen LogP contribution in [0.5, 0.6) is 5.75 Å². The van der Waals surface area contributed by atoms with Crippen molar-refractivity contribution in [2.45, 2.75) is 0 Å². The first kappa shape index (κ1) is 11.2. The van der Waals surface area contributed by atoms with Crippen molar-refractivity contribution in [1.29, 1.82) is 5.26 Å². The number of nitriles is 1. The van der Waals surface area contributed by atoms with Crippen molar-refractivity contribution in [2.75, 3.05) is 7.11 Å². The lowest BCUT2D eigenvalue weighted by molar-refractivity contribution is 0.411. The molecule has 0 bridgehead atoms. The number of methoxy groups -OCH3 is 1. The Kier molecular flexibility index (Phi) is 3.06. The highest BCUT2D eigenvalue weighted by Crippen LogP contribution is 2.26. The second kappa shape index (κ2) is 4.67. The summed E-state index contributed by atoms with van der Waals surface area (Å²) >= 11 is 0. The Morgan fingerprint density at radius 1 is 1.12 bits per heavy atom. The molecule has 0 atom stereocenters. The van der Waals surface area contributed by atoms with Gasteiger partial charge in [-0.15, -0.1) is 0 Å². The van der Waals surface area contributed by atoms with E-state index in [1.54, 1.807) is 24.3 Å². The molecule has 0 aliphatic heterocycles. The summed E-state index contributed by atoms with van der Waals surface area (Å²) in [4.78, 5) is 0. The van der Waals surface area contributed by atoms with Crippen LogP contribution >= 0.6 is 0 Å². The average molecular weight is 227 g/mol. The minimum atomic E-state index is -0.360. The molecular formula is C14H10FNO. The number of benzene rings is 2. The minimum absolute atomic E-state index is 0.360. The Hall–Kier alpha value is -2.34. The van der Waals surface area contributed by atoms with Crippen LogP contribution in [0.3, 0.4) is 0 Å². The van der Waals surface area contributed by atoms with Crippen LogP contribution in [-0.4, -0.2) is 7.11 Å². The molecule has 84 valence electrons. The number of nitrogens with zero attached hydrogens (tertiary/aromatic N) is 1. The third-order valence-electron chi connectivity index (χ3n) is 2.43. The number of ether oxygens (including phenoxy) is 1. The number of halogens is 1. The Balaban J connectivity index is 2.52. The van der Waals surface area contributed by atoms with E-state index >= 15 is 0 Å². The molecule has 0 radical (unpaired) electrons. The van der Waals surface area contributed by atoms with Crippen LogP contribution in [0.2, 0.25) is 0 Å². The molecule has 0 aromatic heterocycles. The maximum atomic E-state index is 13.3.